The number of hydrogen-bond donors (Lipinski definition) is 1. The van der Waals surface area contributed by atoms with Crippen LogP contribution in [0.5, 0.6) is 0 Å². The Kier molecular flexibility index (Phi) is 7.39. The molecule has 0 saturated carbocycles. The van der Waals surface area contributed by atoms with E-state index in [0.29, 0.717) is 10.9 Å². The van der Waals surface area contributed by atoms with Crippen molar-refractivity contribution in [3.63, 3.8) is 0 Å². The molecule has 108 valence electrons. The van der Waals surface area contributed by atoms with E-state index in [1.807, 2.05) is 0 Å². The van der Waals surface area contributed by atoms with Crippen molar-refractivity contribution in [1.29, 1.82) is 0 Å². The van der Waals surface area contributed by atoms with Gasteiger partial charge < -0.3 is 5.32 Å². The van der Waals surface area contributed by atoms with E-state index in [0.717, 1.165) is 31.9 Å². The Bertz CT molecular complexity index is 378. The zero-order valence-electron chi connectivity index (χ0n) is 11.9. The Balaban J connectivity index is 2.81. The summed E-state index contributed by atoms with van der Waals surface area (Å²) < 4.78 is 26.9. The van der Waals surface area contributed by atoms with Crippen LogP contribution in [0.3, 0.4) is 0 Å². The van der Waals surface area contributed by atoms with Crippen LogP contribution in [0.4, 0.5) is 8.78 Å². The van der Waals surface area contributed by atoms with Crippen LogP contribution >= 0.6 is 11.8 Å². The summed E-state index contributed by atoms with van der Waals surface area (Å²) in [6, 6.07) is 3.99. The quantitative estimate of drug-likeness (QED) is 0.701. The van der Waals surface area contributed by atoms with Gasteiger partial charge in [-0.05, 0) is 37.6 Å². The van der Waals surface area contributed by atoms with Gasteiger partial charge in [0.05, 0.1) is 0 Å². The van der Waals surface area contributed by atoms with Crippen molar-refractivity contribution in [1.82, 2.24) is 5.32 Å². The van der Waals surface area contributed by atoms with Gasteiger partial charge in [-0.25, -0.2) is 8.78 Å². The van der Waals surface area contributed by atoms with E-state index in [1.54, 1.807) is 0 Å². The smallest absolute Gasteiger partial charge is 0.136 e. The van der Waals surface area contributed by atoms with Crippen molar-refractivity contribution in [2.75, 3.05) is 6.54 Å². The number of hydrogen-bond acceptors (Lipinski definition) is 2. The summed E-state index contributed by atoms with van der Waals surface area (Å²) in [6.45, 7) is 7.20. The van der Waals surface area contributed by atoms with E-state index in [2.05, 4.69) is 26.1 Å². The van der Waals surface area contributed by atoms with Crippen LogP contribution in [-0.2, 0) is 0 Å². The van der Waals surface area contributed by atoms with Crippen LogP contribution in [0.1, 0.15) is 40.0 Å². The van der Waals surface area contributed by atoms with Crippen LogP contribution in [-0.4, -0.2) is 17.8 Å². The van der Waals surface area contributed by atoms with Gasteiger partial charge in [0.15, 0.2) is 0 Å². The molecular weight excluding hydrogens is 264 g/mol. The molecule has 0 aliphatic rings. The Morgan fingerprint density at radius 3 is 2.53 bits per heavy atom. The molecule has 0 aliphatic heterocycles. The van der Waals surface area contributed by atoms with Gasteiger partial charge in [0.2, 0.25) is 0 Å². The molecule has 1 aromatic rings. The summed E-state index contributed by atoms with van der Waals surface area (Å²) in [5, 5.41) is 3.71. The molecule has 1 N–H and O–H groups in total. The summed E-state index contributed by atoms with van der Waals surface area (Å²) in [6.07, 6.45) is 3.06. The Labute approximate surface area is 119 Å². The summed E-state index contributed by atoms with van der Waals surface area (Å²) in [5.74, 6) is -0.717. The topological polar surface area (TPSA) is 12.0 Å². The molecule has 0 aromatic heterocycles. The fourth-order valence-corrected chi connectivity index (χ4v) is 3.42. The van der Waals surface area contributed by atoms with Crippen molar-refractivity contribution in [3.8, 4) is 0 Å². The van der Waals surface area contributed by atoms with E-state index in [4.69, 9.17) is 0 Å². The Hall–Kier alpha value is -0.610. The number of nitrogens with one attached hydrogen (secondary N) is 1. The lowest BCUT2D eigenvalue weighted by molar-refractivity contribution is 0.465. The minimum Gasteiger partial charge on any atom is -0.313 e. The van der Waals surface area contributed by atoms with Gasteiger partial charge >= 0.3 is 0 Å². The Morgan fingerprint density at radius 2 is 1.95 bits per heavy atom. The molecule has 0 aliphatic carbocycles. The van der Waals surface area contributed by atoms with Gasteiger partial charge in [0.25, 0.3) is 0 Å². The lowest BCUT2D eigenvalue weighted by Gasteiger charge is -2.26. The summed E-state index contributed by atoms with van der Waals surface area (Å²) >= 11 is 1.44. The predicted molar refractivity (Wildman–Crippen MR) is 78.7 cm³/mol. The van der Waals surface area contributed by atoms with Gasteiger partial charge in [-0.2, -0.15) is 0 Å². The average Bonchev–Trinajstić information content (AvgIpc) is 2.39. The average molecular weight is 287 g/mol. The van der Waals surface area contributed by atoms with E-state index in [9.17, 15) is 8.78 Å². The third-order valence-corrected chi connectivity index (χ3v) is 4.62. The zero-order chi connectivity index (χ0) is 14.3. The Morgan fingerprint density at radius 1 is 1.21 bits per heavy atom. The molecule has 2 atom stereocenters. The molecule has 0 heterocycles. The standard InChI is InChI=1S/C15H23F2NS/c1-4-7-13(18-6-3)14(5-2)19-15-10-11(16)8-9-12(15)17/h8-10,13-14,18H,4-7H2,1-3H3. The highest BCUT2D eigenvalue weighted by atomic mass is 32.2. The molecule has 0 saturated heterocycles. The maximum Gasteiger partial charge on any atom is 0.136 e. The van der Waals surface area contributed by atoms with E-state index < -0.39 is 0 Å². The highest BCUT2D eigenvalue weighted by molar-refractivity contribution is 8.00. The summed E-state index contributed by atoms with van der Waals surface area (Å²) in [7, 11) is 0. The minimum absolute atomic E-state index is 0.260. The molecule has 0 radical (unpaired) electrons. The van der Waals surface area contributed by atoms with Crippen molar-refractivity contribution < 1.29 is 8.78 Å². The molecule has 2 unspecified atom stereocenters. The van der Waals surface area contributed by atoms with Gasteiger partial charge in [-0.3, -0.25) is 0 Å². The fourth-order valence-electron chi connectivity index (χ4n) is 2.17. The van der Waals surface area contributed by atoms with Gasteiger partial charge in [-0.15, -0.1) is 11.8 Å². The number of halogens is 2. The maximum atomic E-state index is 13.7. The molecule has 1 nitrogen and oxygen atoms in total. The first-order chi connectivity index (χ1) is 9.12. The van der Waals surface area contributed by atoms with Crippen LogP contribution in [0.2, 0.25) is 0 Å². The third kappa shape index (κ3) is 5.11. The minimum atomic E-state index is -0.380. The zero-order valence-corrected chi connectivity index (χ0v) is 12.7. The van der Waals surface area contributed by atoms with Gasteiger partial charge in [0, 0.05) is 16.2 Å². The first-order valence-corrected chi connectivity index (χ1v) is 7.85. The van der Waals surface area contributed by atoms with Crippen LogP contribution in [0.15, 0.2) is 23.1 Å². The molecule has 0 fully saturated rings. The van der Waals surface area contributed by atoms with Crippen molar-refractivity contribution in [3.05, 3.63) is 29.8 Å². The van der Waals surface area contributed by atoms with E-state index in [1.165, 1.54) is 23.9 Å². The number of thioether (sulfide) groups is 1. The first kappa shape index (κ1) is 16.4. The lowest BCUT2D eigenvalue weighted by atomic mass is 10.1. The second-order valence-electron chi connectivity index (χ2n) is 4.59. The normalized spacial score (nSPS) is 14.4. The van der Waals surface area contributed by atoms with Crippen molar-refractivity contribution in [2.24, 2.45) is 0 Å². The first-order valence-electron chi connectivity index (χ1n) is 6.97. The highest BCUT2D eigenvalue weighted by Crippen LogP contribution is 2.31. The molecule has 19 heavy (non-hydrogen) atoms. The third-order valence-electron chi connectivity index (χ3n) is 3.09. The monoisotopic (exact) mass is 287 g/mol. The molecule has 1 rings (SSSR count). The van der Waals surface area contributed by atoms with E-state index in [-0.39, 0.29) is 16.9 Å². The predicted octanol–water partition coefficient (Wildman–Crippen LogP) is 4.61. The molecule has 0 spiro atoms. The second-order valence-corrected chi connectivity index (χ2v) is 5.87. The molecule has 1 aromatic carbocycles. The number of rotatable bonds is 8. The van der Waals surface area contributed by atoms with Crippen molar-refractivity contribution in [2.45, 2.75) is 56.2 Å². The molecule has 0 amide bonds. The largest absolute Gasteiger partial charge is 0.313 e. The summed E-state index contributed by atoms with van der Waals surface area (Å²) in [4.78, 5) is 0.408. The maximum absolute atomic E-state index is 13.7. The van der Waals surface area contributed by atoms with Crippen molar-refractivity contribution >= 4 is 11.8 Å². The lowest BCUT2D eigenvalue weighted by Crippen LogP contribution is -2.37. The van der Waals surface area contributed by atoms with Gasteiger partial charge in [-0.1, -0.05) is 27.2 Å². The molecule has 4 heteroatoms. The van der Waals surface area contributed by atoms with Crippen LogP contribution in [0.25, 0.3) is 0 Å². The highest BCUT2D eigenvalue weighted by Gasteiger charge is 2.21. The second kappa shape index (κ2) is 8.54. The SMILES string of the molecule is CCCC(NCC)C(CC)Sc1cc(F)ccc1F. The summed E-state index contributed by atoms with van der Waals surface area (Å²) in [5.41, 5.74) is 0. The van der Waals surface area contributed by atoms with E-state index >= 15 is 0 Å². The van der Waals surface area contributed by atoms with Crippen LogP contribution in [0, 0.1) is 11.6 Å². The number of benzene rings is 1. The van der Waals surface area contributed by atoms with Gasteiger partial charge in [0.1, 0.15) is 11.6 Å². The molecule has 0 bridgehead atoms. The molecular formula is C15H23F2NS. The van der Waals surface area contributed by atoms with Crippen LogP contribution < -0.4 is 5.32 Å². The fraction of sp³-hybridized carbons (Fsp3) is 0.600.